The van der Waals surface area contributed by atoms with E-state index in [4.69, 9.17) is 4.74 Å². The maximum atomic E-state index is 11.9. The topological polar surface area (TPSA) is 41.6 Å². The molecule has 0 amide bonds. The number of hydrogen-bond acceptors (Lipinski definition) is 4. The van der Waals surface area contributed by atoms with Gasteiger partial charge in [0.05, 0.1) is 6.61 Å². The second kappa shape index (κ2) is 9.34. The van der Waals surface area contributed by atoms with Gasteiger partial charge < -0.3 is 15.0 Å². The Morgan fingerprint density at radius 2 is 1.94 bits per heavy atom. The summed E-state index contributed by atoms with van der Waals surface area (Å²) < 4.78 is 5.15. The van der Waals surface area contributed by atoms with Crippen LogP contribution in [0.15, 0.2) is 0 Å². The van der Waals surface area contributed by atoms with E-state index < -0.39 is 5.54 Å². The molecule has 0 spiro atoms. The molecule has 0 radical (unpaired) electrons. The zero-order chi connectivity index (χ0) is 14.0. The second-order valence-electron chi connectivity index (χ2n) is 4.94. The first-order valence-corrected chi connectivity index (χ1v) is 7.11. The summed E-state index contributed by atoms with van der Waals surface area (Å²) in [6.07, 6.45) is 2.98. The molecule has 0 heterocycles. The van der Waals surface area contributed by atoms with E-state index in [0.29, 0.717) is 6.61 Å². The van der Waals surface area contributed by atoms with Gasteiger partial charge in [-0.2, -0.15) is 0 Å². The number of esters is 1. The third kappa shape index (κ3) is 6.36. The molecule has 0 aliphatic rings. The average molecular weight is 258 g/mol. The van der Waals surface area contributed by atoms with Crippen LogP contribution in [0.25, 0.3) is 0 Å². The van der Waals surface area contributed by atoms with E-state index in [2.05, 4.69) is 24.2 Å². The number of unbranched alkanes of at least 4 members (excludes halogenated alkanes) is 1. The average Bonchev–Trinajstić information content (AvgIpc) is 2.35. The van der Waals surface area contributed by atoms with Crippen LogP contribution in [0.1, 0.15) is 47.0 Å². The van der Waals surface area contributed by atoms with E-state index in [1.165, 1.54) is 0 Å². The normalized spacial score (nSPS) is 14.6. The van der Waals surface area contributed by atoms with Crippen LogP contribution in [0, 0.1) is 0 Å². The number of rotatable bonds is 10. The predicted octanol–water partition coefficient (Wildman–Crippen LogP) is 2.04. The number of hydrogen-bond donors (Lipinski definition) is 1. The maximum absolute atomic E-state index is 11.9. The highest BCUT2D eigenvalue weighted by molar-refractivity contribution is 5.80. The fourth-order valence-electron chi connectivity index (χ4n) is 1.96. The monoisotopic (exact) mass is 258 g/mol. The predicted molar refractivity (Wildman–Crippen MR) is 75.7 cm³/mol. The minimum atomic E-state index is -0.532. The zero-order valence-electron chi connectivity index (χ0n) is 12.7. The highest BCUT2D eigenvalue weighted by Crippen LogP contribution is 2.16. The van der Waals surface area contributed by atoms with Gasteiger partial charge in [0.1, 0.15) is 5.54 Å². The molecule has 18 heavy (non-hydrogen) atoms. The van der Waals surface area contributed by atoms with Gasteiger partial charge in [0.2, 0.25) is 0 Å². The third-order valence-corrected chi connectivity index (χ3v) is 3.30. The largest absolute Gasteiger partial charge is 0.465 e. The lowest BCUT2D eigenvalue weighted by molar-refractivity contribution is -0.150. The van der Waals surface area contributed by atoms with Crippen molar-refractivity contribution in [3.63, 3.8) is 0 Å². The summed E-state index contributed by atoms with van der Waals surface area (Å²) >= 11 is 0. The summed E-state index contributed by atoms with van der Waals surface area (Å²) in [4.78, 5) is 14.2. The van der Waals surface area contributed by atoms with E-state index in [1.54, 1.807) is 0 Å². The first-order chi connectivity index (χ1) is 8.50. The molecule has 0 aliphatic carbocycles. The van der Waals surface area contributed by atoms with Crippen molar-refractivity contribution in [2.24, 2.45) is 0 Å². The van der Waals surface area contributed by atoms with Crippen molar-refractivity contribution >= 4 is 5.97 Å². The molecule has 1 N–H and O–H groups in total. The first kappa shape index (κ1) is 17.4. The van der Waals surface area contributed by atoms with Crippen molar-refractivity contribution in [2.75, 3.05) is 33.3 Å². The maximum Gasteiger partial charge on any atom is 0.326 e. The number of carbonyl (C=O) groups excluding carboxylic acids is 1. The molecule has 0 fully saturated rings. The van der Waals surface area contributed by atoms with Crippen molar-refractivity contribution in [2.45, 2.75) is 52.5 Å². The molecule has 1 atom stereocenters. The van der Waals surface area contributed by atoms with Gasteiger partial charge in [-0.15, -0.1) is 0 Å². The highest BCUT2D eigenvalue weighted by atomic mass is 16.5. The van der Waals surface area contributed by atoms with Crippen molar-refractivity contribution in [3.8, 4) is 0 Å². The Morgan fingerprint density at radius 1 is 1.28 bits per heavy atom. The smallest absolute Gasteiger partial charge is 0.326 e. The number of likely N-dealkylation sites (N-methyl/N-ethyl adjacent to an activating group) is 1. The van der Waals surface area contributed by atoms with Crippen molar-refractivity contribution < 1.29 is 9.53 Å². The lowest BCUT2D eigenvalue weighted by Crippen LogP contribution is -2.50. The molecule has 4 heteroatoms. The lowest BCUT2D eigenvalue weighted by atomic mass is 9.94. The lowest BCUT2D eigenvalue weighted by Gasteiger charge is -2.28. The van der Waals surface area contributed by atoms with Crippen LogP contribution in [0.3, 0.4) is 0 Å². The summed E-state index contributed by atoms with van der Waals surface area (Å²) in [6, 6.07) is 0. The van der Waals surface area contributed by atoms with Gasteiger partial charge in [-0.3, -0.25) is 4.79 Å². The van der Waals surface area contributed by atoms with Crippen LogP contribution in [0.4, 0.5) is 0 Å². The van der Waals surface area contributed by atoms with Gasteiger partial charge in [-0.05, 0) is 59.8 Å². The quantitative estimate of drug-likeness (QED) is 0.481. The number of carbonyl (C=O) groups is 1. The van der Waals surface area contributed by atoms with Gasteiger partial charge in [0, 0.05) is 0 Å². The Morgan fingerprint density at radius 3 is 2.44 bits per heavy atom. The first-order valence-electron chi connectivity index (χ1n) is 7.11. The minimum Gasteiger partial charge on any atom is -0.465 e. The Kier molecular flexibility index (Phi) is 9.02. The van der Waals surface area contributed by atoms with Crippen molar-refractivity contribution in [3.05, 3.63) is 0 Å². The SMILES string of the molecule is CCNC(C)(CCCCN(C)CC)C(=O)OCC. The molecular formula is C14H30N2O2. The van der Waals surface area contributed by atoms with Crippen molar-refractivity contribution in [1.82, 2.24) is 10.2 Å². The molecule has 1 unspecified atom stereocenters. The molecule has 0 aromatic rings. The summed E-state index contributed by atoms with van der Waals surface area (Å²) in [5.74, 6) is -0.129. The molecule has 4 nitrogen and oxygen atoms in total. The number of ether oxygens (including phenoxy) is 1. The summed E-state index contributed by atoms with van der Waals surface area (Å²) in [5.41, 5.74) is -0.532. The van der Waals surface area contributed by atoms with E-state index >= 15 is 0 Å². The van der Waals surface area contributed by atoms with E-state index in [0.717, 1.165) is 38.9 Å². The Labute approximate surface area is 112 Å². The van der Waals surface area contributed by atoms with Crippen LogP contribution in [-0.2, 0) is 9.53 Å². The molecular weight excluding hydrogens is 228 g/mol. The minimum absolute atomic E-state index is 0.129. The fourth-order valence-corrected chi connectivity index (χ4v) is 1.96. The van der Waals surface area contributed by atoms with Gasteiger partial charge in [-0.1, -0.05) is 13.8 Å². The molecule has 0 rings (SSSR count). The standard InChI is InChI=1S/C14H30N2O2/c1-6-15-14(4,13(17)18-8-3)11-9-10-12-16(5)7-2/h15H,6-12H2,1-5H3. The Bertz CT molecular complexity index is 234. The fraction of sp³-hybridized carbons (Fsp3) is 0.929. The van der Waals surface area contributed by atoms with Crippen LogP contribution in [0.5, 0.6) is 0 Å². The summed E-state index contributed by atoms with van der Waals surface area (Å²) in [7, 11) is 2.12. The molecule has 0 bridgehead atoms. The van der Waals surface area contributed by atoms with Crippen LogP contribution in [0.2, 0.25) is 0 Å². The summed E-state index contributed by atoms with van der Waals surface area (Å²) in [6.45, 7) is 11.3. The Balaban J connectivity index is 4.14. The van der Waals surface area contributed by atoms with Gasteiger partial charge in [0.15, 0.2) is 0 Å². The molecule has 0 saturated carbocycles. The summed E-state index contributed by atoms with van der Waals surface area (Å²) in [5, 5.41) is 3.26. The number of nitrogens with one attached hydrogen (secondary N) is 1. The van der Waals surface area contributed by atoms with Crippen molar-refractivity contribution in [1.29, 1.82) is 0 Å². The highest BCUT2D eigenvalue weighted by Gasteiger charge is 2.32. The van der Waals surface area contributed by atoms with Gasteiger partial charge >= 0.3 is 5.97 Å². The molecule has 108 valence electrons. The van der Waals surface area contributed by atoms with Crippen LogP contribution < -0.4 is 5.32 Å². The molecule has 0 aromatic heterocycles. The molecule has 0 saturated heterocycles. The molecule has 0 aromatic carbocycles. The Hall–Kier alpha value is -0.610. The van der Waals surface area contributed by atoms with Crippen LogP contribution >= 0.6 is 0 Å². The van der Waals surface area contributed by atoms with E-state index in [1.807, 2.05) is 20.8 Å². The third-order valence-electron chi connectivity index (χ3n) is 3.30. The second-order valence-corrected chi connectivity index (χ2v) is 4.94. The van der Waals surface area contributed by atoms with E-state index in [-0.39, 0.29) is 5.97 Å². The van der Waals surface area contributed by atoms with E-state index in [9.17, 15) is 4.79 Å². The zero-order valence-corrected chi connectivity index (χ0v) is 12.7. The number of nitrogens with zero attached hydrogens (tertiary/aromatic N) is 1. The molecule has 0 aliphatic heterocycles. The van der Waals surface area contributed by atoms with Crippen LogP contribution in [-0.4, -0.2) is 49.7 Å². The van der Waals surface area contributed by atoms with Gasteiger partial charge in [0.25, 0.3) is 0 Å². The van der Waals surface area contributed by atoms with Gasteiger partial charge in [-0.25, -0.2) is 0 Å².